The summed E-state index contributed by atoms with van der Waals surface area (Å²) in [7, 11) is -3.42. The van der Waals surface area contributed by atoms with Gasteiger partial charge in [0.15, 0.2) is 9.84 Å². The number of piperazine rings is 1. The molecule has 1 amide bonds. The van der Waals surface area contributed by atoms with Gasteiger partial charge in [-0.3, -0.25) is 4.79 Å². The standard InChI is InChI=1S/C21H28N4O4S/c1-4-30(27,28)19-8-6-5-7-17(19)18-12-24(9-10-25(18)15-26)20-11-21(23-14-22-20)29-13-16(2)3/h5-8,11,14-16,18H,4,9-10,12-13H2,1-3H3. The Labute approximate surface area is 177 Å². The summed E-state index contributed by atoms with van der Waals surface area (Å²) in [4.78, 5) is 24.2. The van der Waals surface area contributed by atoms with Crippen molar-refractivity contribution in [1.82, 2.24) is 14.9 Å². The van der Waals surface area contributed by atoms with Gasteiger partial charge in [0.1, 0.15) is 12.1 Å². The van der Waals surface area contributed by atoms with Crippen molar-refractivity contribution in [2.24, 2.45) is 5.92 Å². The highest BCUT2D eigenvalue weighted by molar-refractivity contribution is 7.91. The number of amides is 1. The number of carbonyl (C=O) groups is 1. The van der Waals surface area contributed by atoms with E-state index < -0.39 is 15.9 Å². The first-order valence-corrected chi connectivity index (χ1v) is 11.7. The third-order valence-corrected chi connectivity index (χ3v) is 6.87. The molecule has 2 aromatic rings. The van der Waals surface area contributed by atoms with E-state index in [-0.39, 0.29) is 10.6 Å². The van der Waals surface area contributed by atoms with Crippen molar-refractivity contribution >= 4 is 22.1 Å². The van der Waals surface area contributed by atoms with Gasteiger partial charge in [-0.2, -0.15) is 0 Å². The molecule has 1 aliphatic heterocycles. The minimum absolute atomic E-state index is 0.00397. The Morgan fingerprint density at radius 2 is 2.00 bits per heavy atom. The van der Waals surface area contributed by atoms with Crippen LogP contribution in [0.2, 0.25) is 0 Å². The van der Waals surface area contributed by atoms with Gasteiger partial charge in [0.25, 0.3) is 0 Å². The van der Waals surface area contributed by atoms with Crippen LogP contribution < -0.4 is 9.64 Å². The lowest BCUT2D eigenvalue weighted by Crippen LogP contribution is -2.48. The molecule has 0 saturated carbocycles. The maximum atomic E-state index is 12.6. The van der Waals surface area contributed by atoms with E-state index >= 15 is 0 Å². The lowest BCUT2D eigenvalue weighted by Gasteiger charge is -2.40. The molecule has 1 atom stereocenters. The number of anilines is 1. The molecular formula is C21H28N4O4S. The normalized spacial score (nSPS) is 17.3. The Balaban J connectivity index is 1.91. The highest BCUT2D eigenvalue weighted by Gasteiger charge is 2.32. The summed E-state index contributed by atoms with van der Waals surface area (Å²) >= 11 is 0. The quantitative estimate of drug-likeness (QED) is 0.591. The molecular weight excluding hydrogens is 404 g/mol. The number of carbonyl (C=O) groups excluding carboxylic acids is 1. The van der Waals surface area contributed by atoms with Gasteiger partial charge >= 0.3 is 0 Å². The fourth-order valence-corrected chi connectivity index (χ4v) is 4.60. The number of rotatable bonds is 8. The Kier molecular flexibility index (Phi) is 6.91. The van der Waals surface area contributed by atoms with Crippen molar-refractivity contribution in [2.45, 2.75) is 31.7 Å². The van der Waals surface area contributed by atoms with Crippen molar-refractivity contribution < 1.29 is 17.9 Å². The summed E-state index contributed by atoms with van der Waals surface area (Å²) in [6, 6.07) is 8.28. The fourth-order valence-electron chi connectivity index (χ4n) is 3.44. The summed E-state index contributed by atoms with van der Waals surface area (Å²) in [5, 5.41) is 0. The molecule has 1 aromatic carbocycles. The third-order valence-electron chi connectivity index (χ3n) is 5.07. The Morgan fingerprint density at radius 1 is 1.23 bits per heavy atom. The van der Waals surface area contributed by atoms with Gasteiger partial charge in [0, 0.05) is 25.7 Å². The molecule has 2 heterocycles. The Bertz CT molecular complexity index is 980. The Hall–Kier alpha value is -2.68. The van der Waals surface area contributed by atoms with Crippen LogP contribution in [0.3, 0.4) is 0 Å². The average molecular weight is 433 g/mol. The summed E-state index contributed by atoms with van der Waals surface area (Å²) in [6.07, 6.45) is 2.25. The minimum atomic E-state index is -3.42. The van der Waals surface area contributed by atoms with E-state index in [4.69, 9.17) is 4.74 Å². The molecule has 1 fully saturated rings. The zero-order valence-electron chi connectivity index (χ0n) is 17.6. The monoisotopic (exact) mass is 432 g/mol. The van der Waals surface area contributed by atoms with Gasteiger partial charge in [-0.05, 0) is 17.5 Å². The predicted octanol–water partition coefficient (Wildman–Crippen LogP) is 2.32. The fraction of sp³-hybridized carbons (Fsp3) is 0.476. The molecule has 0 radical (unpaired) electrons. The summed E-state index contributed by atoms with van der Waals surface area (Å²) in [5.41, 5.74) is 0.626. The maximum absolute atomic E-state index is 12.6. The van der Waals surface area contributed by atoms with E-state index in [1.165, 1.54) is 6.33 Å². The van der Waals surface area contributed by atoms with Crippen LogP contribution in [-0.4, -0.2) is 61.7 Å². The smallest absolute Gasteiger partial charge is 0.218 e. The number of hydrogen-bond donors (Lipinski definition) is 0. The van der Waals surface area contributed by atoms with Gasteiger partial charge in [-0.25, -0.2) is 18.4 Å². The SMILES string of the molecule is CCS(=O)(=O)c1ccccc1C1CN(c2cc(OCC(C)C)ncn2)CCN1C=O. The molecule has 0 aliphatic carbocycles. The van der Waals surface area contributed by atoms with E-state index in [1.54, 1.807) is 42.2 Å². The van der Waals surface area contributed by atoms with Crippen molar-refractivity contribution in [2.75, 3.05) is 36.9 Å². The van der Waals surface area contributed by atoms with Crippen LogP contribution in [0.25, 0.3) is 0 Å². The van der Waals surface area contributed by atoms with E-state index in [0.29, 0.717) is 49.4 Å². The van der Waals surface area contributed by atoms with Crippen LogP contribution in [0, 0.1) is 5.92 Å². The van der Waals surface area contributed by atoms with E-state index in [2.05, 4.69) is 23.8 Å². The van der Waals surface area contributed by atoms with Crippen molar-refractivity contribution in [1.29, 1.82) is 0 Å². The summed E-state index contributed by atoms with van der Waals surface area (Å²) in [6.45, 7) is 7.77. The molecule has 0 N–H and O–H groups in total. The van der Waals surface area contributed by atoms with Crippen LogP contribution in [-0.2, 0) is 14.6 Å². The molecule has 30 heavy (non-hydrogen) atoms. The Morgan fingerprint density at radius 3 is 2.70 bits per heavy atom. The highest BCUT2D eigenvalue weighted by Crippen LogP contribution is 2.32. The molecule has 8 nitrogen and oxygen atoms in total. The van der Waals surface area contributed by atoms with Gasteiger partial charge < -0.3 is 14.5 Å². The first-order chi connectivity index (χ1) is 14.4. The number of ether oxygens (including phenoxy) is 1. The first-order valence-electron chi connectivity index (χ1n) is 10.1. The maximum Gasteiger partial charge on any atom is 0.218 e. The molecule has 1 aromatic heterocycles. The molecule has 0 bridgehead atoms. The van der Waals surface area contributed by atoms with Crippen LogP contribution >= 0.6 is 0 Å². The van der Waals surface area contributed by atoms with E-state index in [9.17, 15) is 13.2 Å². The molecule has 1 saturated heterocycles. The number of benzene rings is 1. The molecule has 162 valence electrons. The number of hydrogen-bond acceptors (Lipinski definition) is 7. The second kappa shape index (κ2) is 9.42. The highest BCUT2D eigenvalue weighted by atomic mass is 32.2. The lowest BCUT2D eigenvalue weighted by atomic mass is 10.0. The second-order valence-electron chi connectivity index (χ2n) is 7.67. The van der Waals surface area contributed by atoms with Crippen LogP contribution in [0.1, 0.15) is 32.4 Å². The number of sulfone groups is 1. The second-order valence-corrected chi connectivity index (χ2v) is 9.91. The molecule has 3 rings (SSSR count). The summed E-state index contributed by atoms with van der Waals surface area (Å²) in [5.74, 6) is 1.57. The summed E-state index contributed by atoms with van der Waals surface area (Å²) < 4.78 is 31.0. The van der Waals surface area contributed by atoms with E-state index in [0.717, 1.165) is 6.41 Å². The van der Waals surface area contributed by atoms with Crippen LogP contribution in [0.5, 0.6) is 5.88 Å². The molecule has 9 heteroatoms. The lowest BCUT2D eigenvalue weighted by molar-refractivity contribution is -0.120. The topological polar surface area (TPSA) is 92.7 Å². The van der Waals surface area contributed by atoms with Crippen molar-refractivity contribution in [3.05, 3.63) is 42.2 Å². The predicted molar refractivity (Wildman–Crippen MR) is 114 cm³/mol. The van der Waals surface area contributed by atoms with Crippen LogP contribution in [0.4, 0.5) is 5.82 Å². The van der Waals surface area contributed by atoms with Gasteiger partial charge in [-0.15, -0.1) is 0 Å². The first kappa shape index (κ1) is 22.0. The van der Waals surface area contributed by atoms with Gasteiger partial charge in [-0.1, -0.05) is 39.0 Å². The zero-order valence-corrected chi connectivity index (χ0v) is 18.4. The average Bonchev–Trinajstić information content (AvgIpc) is 2.77. The number of nitrogens with zero attached hydrogens (tertiary/aromatic N) is 4. The number of aromatic nitrogens is 2. The van der Waals surface area contributed by atoms with Crippen molar-refractivity contribution in [3.63, 3.8) is 0 Å². The zero-order chi connectivity index (χ0) is 21.7. The van der Waals surface area contributed by atoms with Gasteiger partial charge in [0.05, 0.1) is 23.3 Å². The van der Waals surface area contributed by atoms with Crippen LogP contribution in [0.15, 0.2) is 41.6 Å². The van der Waals surface area contributed by atoms with Gasteiger partial charge in [0.2, 0.25) is 12.3 Å². The molecule has 0 spiro atoms. The van der Waals surface area contributed by atoms with E-state index in [1.807, 2.05) is 4.90 Å². The largest absolute Gasteiger partial charge is 0.477 e. The molecule has 1 aliphatic rings. The molecule has 1 unspecified atom stereocenters. The minimum Gasteiger partial charge on any atom is -0.477 e. The third kappa shape index (κ3) is 4.89. The van der Waals surface area contributed by atoms with Crippen molar-refractivity contribution in [3.8, 4) is 5.88 Å².